The third-order valence-corrected chi connectivity index (χ3v) is 2.04. The lowest BCUT2D eigenvalue weighted by molar-refractivity contribution is 0.0887. The molecule has 0 aromatic rings. The molecule has 0 aromatic carbocycles. The first-order valence-electron chi connectivity index (χ1n) is 4.44. The van der Waals surface area contributed by atoms with Gasteiger partial charge in [0.1, 0.15) is 0 Å². The maximum Gasteiger partial charge on any atom is 0.407 e. The number of carbonyl (C=O) groups is 1. The van der Waals surface area contributed by atoms with Crippen LogP contribution in [0.25, 0.3) is 0 Å². The second-order valence-corrected chi connectivity index (χ2v) is 2.90. The van der Waals surface area contributed by atoms with E-state index in [1.165, 1.54) is 0 Å². The molecule has 0 spiro atoms. The second-order valence-electron chi connectivity index (χ2n) is 2.90. The number of hydrogen-bond donors (Lipinski definition) is 2. The van der Waals surface area contributed by atoms with Gasteiger partial charge in [0.15, 0.2) is 0 Å². The van der Waals surface area contributed by atoms with Crippen LogP contribution in [0.15, 0.2) is 0 Å². The topological polar surface area (TPSA) is 59.6 Å². The van der Waals surface area contributed by atoms with Crippen LogP contribution in [0.3, 0.4) is 0 Å². The summed E-state index contributed by atoms with van der Waals surface area (Å²) in [4.78, 5) is 11.0. The lowest BCUT2D eigenvalue weighted by atomic mass is 10.2. The van der Waals surface area contributed by atoms with E-state index in [2.05, 4.69) is 10.6 Å². The molecule has 76 valence electrons. The molecule has 2 atom stereocenters. The molecule has 2 N–H and O–H groups in total. The molecule has 0 saturated carbocycles. The fourth-order valence-corrected chi connectivity index (χ4v) is 1.37. The summed E-state index contributed by atoms with van der Waals surface area (Å²) in [5.41, 5.74) is 0. The molecule has 5 heteroatoms. The molecule has 0 radical (unpaired) electrons. The molecule has 1 fully saturated rings. The first-order chi connectivity index (χ1) is 6.27. The highest BCUT2D eigenvalue weighted by molar-refractivity contribution is 5.67. The maximum absolute atomic E-state index is 11.0. The van der Waals surface area contributed by atoms with Crippen molar-refractivity contribution in [1.82, 2.24) is 10.6 Å². The Labute approximate surface area is 77.8 Å². The summed E-state index contributed by atoms with van der Waals surface area (Å²) in [5, 5.41) is 5.86. The Kier molecular flexibility index (Phi) is 3.98. The van der Waals surface area contributed by atoms with E-state index in [0.717, 1.165) is 13.1 Å². The Bertz CT molecular complexity index is 175. The molecule has 1 heterocycles. The summed E-state index contributed by atoms with van der Waals surface area (Å²) in [6.45, 7) is 3.68. The fraction of sp³-hybridized carbons (Fsp3) is 0.875. The van der Waals surface area contributed by atoms with E-state index in [1.54, 1.807) is 14.0 Å². The lowest BCUT2D eigenvalue weighted by Gasteiger charge is -2.17. The van der Waals surface area contributed by atoms with Crippen molar-refractivity contribution in [2.75, 3.05) is 26.8 Å². The Morgan fingerprint density at radius 2 is 2.38 bits per heavy atom. The van der Waals surface area contributed by atoms with E-state index in [9.17, 15) is 4.79 Å². The van der Waals surface area contributed by atoms with E-state index in [0.29, 0.717) is 6.61 Å². The van der Waals surface area contributed by atoms with Crippen LogP contribution in [-0.2, 0) is 9.47 Å². The summed E-state index contributed by atoms with van der Waals surface area (Å²) in [7, 11) is 1.64. The molecule has 1 aliphatic heterocycles. The molecule has 0 bridgehead atoms. The smallest absolute Gasteiger partial charge is 0.407 e. The van der Waals surface area contributed by atoms with E-state index in [-0.39, 0.29) is 18.2 Å². The van der Waals surface area contributed by atoms with Gasteiger partial charge in [-0.1, -0.05) is 0 Å². The van der Waals surface area contributed by atoms with Crippen LogP contribution < -0.4 is 10.6 Å². The van der Waals surface area contributed by atoms with Gasteiger partial charge in [0.25, 0.3) is 0 Å². The van der Waals surface area contributed by atoms with Gasteiger partial charge in [0.05, 0.1) is 18.8 Å². The SMILES string of the molecule is CCOC(=O)NC1CNC[C@@H]1OC. The van der Waals surface area contributed by atoms with E-state index >= 15 is 0 Å². The molecule has 1 amide bonds. The minimum Gasteiger partial charge on any atom is -0.450 e. The van der Waals surface area contributed by atoms with Crippen LogP contribution >= 0.6 is 0 Å². The Morgan fingerprint density at radius 1 is 1.62 bits per heavy atom. The molecule has 1 aliphatic rings. The van der Waals surface area contributed by atoms with Gasteiger partial charge in [-0.25, -0.2) is 4.79 Å². The molecule has 0 aromatic heterocycles. The highest BCUT2D eigenvalue weighted by Crippen LogP contribution is 2.03. The zero-order valence-corrected chi connectivity index (χ0v) is 8.00. The number of amides is 1. The molecule has 1 rings (SSSR count). The van der Waals surface area contributed by atoms with Gasteiger partial charge in [-0.3, -0.25) is 0 Å². The Hall–Kier alpha value is -0.810. The van der Waals surface area contributed by atoms with E-state index in [1.807, 2.05) is 0 Å². The van der Waals surface area contributed by atoms with Crippen LogP contribution in [-0.4, -0.2) is 45.0 Å². The summed E-state index contributed by atoms with van der Waals surface area (Å²) < 4.78 is 9.93. The number of methoxy groups -OCH3 is 1. The highest BCUT2D eigenvalue weighted by Gasteiger charge is 2.28. The number of nitrogens with one attached hydrogen (secondary N) is 2. The van der Waals surface area contributed by atoms with E-state index < -0.39 is 0 Å². The number of hydrogen-bond acceptors (Lipinski definition) is 4. The van der Waals surface area contributed by atoms with Crippen LogP contribution in [0.1, 0.15) is 6.92 Å². The van der Waals surface area contributed by atoms with Gasteiger partial charge in [-0.15, -0.1) is 0 Å². The monoisotopic (exact) mass is 188 g/mol. The Morgan fingerprint density at radius 3 is 3.00 bits per heavy atom. The zero-order chi connectivity index (χ0) is 9.68. The van der Waals surface area contributed by atoms with Crippen LogP contribution in [0.4, 0.5) is 4.79 Å². The summed E-state index contributed by atoms with van der Waals surface area (Å²) in [5.74, 6) is 0. The number of ether oxygens (including phenoxy) is 2. The maximum atomic E-state index is 11.0. The van der Waals surface area contributed by atoms with E-state index in [4.69, 9.17) is 9.47 Å². The number of rotatable bonds is 3. The van der Waals surface area contributed by atoms with Crippen LogP contribution in [0.5, 0.6) is 0 Å². The van der Waals surface area contributed by atoms with Crippen molar-refractivity contribution in [3.63, 3.8) is 0 Å². The third kappa shape index (κ3) is 2.86. The predicted octanol–water partition coefficient (Wildman–Crippen LogP) is -0.281. The fourth-order valence-electron chi connectivity index (χ4n) is 1.37. The average Bonchev–Trinajstić information content (AvgIpc) is 2.52. The van der Waals surface area contributed by atoms with Gasteiger partial charge >= 0.3 is 6.09 Å². The predicted molar refractivity (Wildman–Crippen MR) is 47.6 cm³/mol. The van der Waals surface area contributed by atoms with Crippen molar-refractivity contribution in [3.05, 3.63) is 0 Å². The molecular formula is C8H16N2O3. The highest BCUT2D eigenvalue weighted by atomic mass is 16.5. The van der Waals surface area contributed by atoms with Crippen molar-refractivity contribution in [2.24, 2.45) is 0 Å². The largest absolute Gasteiger partial charge is 0.450 e. The lowest BCUT2D eigenvalue weighted by Crippen LogP contribution is -2.43. The second kappa shape index (κ2) is 5.04. The molecule has 1 unspecified atom stereocenters. The van der Waals surface area contributed by atoms with Gasteiger partial charge < -0.3 is 20.1 Å². The molecular weight excluding hydrogens is 172 g/mol. The molecule has 5 nitrogen and oxygen atoms in total. The van der Waals surface area contributed by atoms with Crippen molar-refractivity contribution < 1.29 is 14.3 Å². The van der Waals surface area contributed by atoms with Gasteiger partial charge in [0, 0.05) is 20.2 Å². The van der Waals surface area contributed by atoms with Gasteiger partial charge in [-0.05, 0) is 6.92 Å². The third-order valence-electron chi connectivity index (χ3n) is 2.04. The van der Waals surface area contributed by atoms with Crippen molar-refractivity contribution in [1.29, 1.82) is 0 Å². The molecule has 1 saturated heterocycles. The van der Waals surface area contributed by atoms with Crippen LogP contribution in [0, 0.1) is 0 Å². The standard InChI is InChI=1S/C8H16N2O3/c1-3-13-8(11)10-6-4-9-5-7(6)12-2/h6-7,9H,3-5H2,1-2H3,(H,10,11)/t6?,7-/m0/s1. The summed E-state index contributed by atoms with van der Waals surface area (Å²) in [6, 6.07) is 0.0176. The van der Waals surface area contributed by atoms with Gasteiger partial charge in [-0.2, -0.15) is 0 Å². The zero-order valence-electron chi connectivity index (χ0n) is 8.00. The average molecular weight is 188 g/mol. The number of carbonyl (C=O) groups excluding carboxylic acids is 1. The Balaban J connectivity index is 2.30. The van der Waals surface area contributed by atoms with Crippen molar-refractivity contribution >= 4 is 6.09 Å². The quantitative estimate of drug-likeness (QED) is 0.639. The minimum absolute atomic E-state index is 0.0176. The minimum atomic E-state index is -0.377. The first kappa shape index (κ1) is 10.3. The molecule has 0 aliphatic carbocycles. The molecule has 13 heavy (non-hydrogen) atoms. The first-order valence-corrected chi connectivity index (χ1v) is 4.44. The summed E-state index contributed by atoms with van der Waals surface area (Å²) >= 11 is 0. The van der Waals surface area contributed by atoms with Crippen LogP contribution in [0.2, 0.25) is 0 Å². The van der Waals surface area contributed by atoms with Crippen molar-refractivity contribution in [2.45, 2.75) is 19.1 Å². The normalized spacial score (nSPS) is 27.2. The number of alkyl carbamates (subject to hydrolysis) is 1. The van der Waals surface area contributed by atoms with Gasteiger partial charge in [0.2, 0.25) is 0 Å². The van der Waals surface area contributed by atoms with Crippen molar-refractivity contribution in [3.8, 4) is 0 Å². The summed E-state index contributed by atoms with van der Waals surface area (Å²) in [6.07, 6.45) is -0.331.